The highest BCUT2D eigenvalue weighted by Crippen LogP contribution is 2.48. The van der Waals surface area contributed by atoms with Crippen molar-refractivity contribution in [3.63, 3.8) is 0 Å². The second-order valence-corrected chi connectivity index (χ2v) is 6.71. The van der Waals surface area contributed by atoms with Crippen LogP contribution in [0.4, 0.5) is 17.6 Å². The first kappa shape index (κ1) is 18.7. The summed E-state index contributed by atoms with van der Waals surface area (Å²) >= 11 is 6.08. The molecule has 4 nitrogen and oxygen atoms in total. The number of rotatable bonds is 5. The summed E-state index contributed by atoms with van der Waals surface area (Å²) in [4.78, 5) is 13.4. The summed E-state index contributed by atoms with van der Waals surface area (Å²) in [5.41, 5.74) is -2.02. The Morgan fingerprint density at radius 2 is 1.92 bits per heavy atom. The van der Waals surface area contributed by atoms with Crippen molar-refractivity contribution in [3.8, 4) is 0 Å². The van der Waals surface area contributed by atoms with E-state index in [1.54, 1.807) is 0 Å². The van der Waals surface area contributed by atoms with Gasteiger partial charge in [-0.05, 0) is 31.4 Å². The standard InChI is InChI=1S/C17H16ClF4N3O/c18-14(24-8-10-11(19)2-1-3-12(10)20)9-4-7-25(15(26)13(9)23)17(5-6-17)16(21)22/h1-3,16,23-24H,4-8H2/b14-9-,23-13?. The van der Waals surface area contributed by atoms with Crippen LogP contribution in [0.1, 0.15) is 24.8 Å². The van der Waals surface area contributed by atoms with Crippen LogP contribution in [0, 0.1) is 17.0 Å². The van der Waals surface area contributed by atoms with E-state index in [9.17, 15) is 22.4 Å². The zero-order chi connectivity index (χ0) is 19.1. The molecule has 0 unspecified atom stereocenters. The van der Waals surface area contributed by atoms with Gasteiger partial charge in [0.15, 0.2) is 0 Å². The molecule has 2 aliphatic rings. The van der Waals surface area contributed by atoms with Crippen LogP contribution < -0.4 is 5.32 Å². The van der Waals surface area contributed by atoms with Crippen molar-refractivity contribution in [3.05, 3.63) is 46.1 Å². The van der Waals surface area contributed by atoms with Crippen LogP contribution >= 0.6 is 11.6 Å². The fourth-order valence-corrected chi connectivity index (χ4v) is 3.32. The zero-order valence-corrected chi connectivity index (χ0v) is 14.3. The first-order valence-corrected chi connectivity index (χ1v) is 8.40. The van der Waals surface area contributed by atoms with Gasteiger partial charge in [-0.1, -0.05) is 17.7 Å². The van der Waals surface area contributed by atoms with Crippen LogP contribution in [-0.4, -0.2) is 35.0 Å². The molecule has 0 spiro atoms. The van der Waals surface area contributed by atoms with E-state index in [0.29, 0.717) is 0 Å². The van der Waals surface area contributed by atoms with E-state index in [2.05, 4.69) is 5.32 Å². The summed E-state index contributed by atoms with van der Waals surface area (Å²) in [6.07, 6.45) is -2.13. The van der Waals surface area contributed by atoms with Crippen molar-refractivity contribution in [2.75, 3.05) is 6.54 Å². The number of nitrogens with one attached hydrogen (secondary N) is 2. The van der Waals surface area contributed by atoms with Gasteiger partial charge >= 0.3 is 0 Å². The summed E-state index contributed by atoms with van der Waals surface area (Å²) in [6, 6.07) is 3.43. The molecule has 9 heteroatoms. The van der Waals surface area contributed by atoms with E-state index in [4.69, 9.17) is 17.0 Å². The number of amides is 1. The average molecular weight is 390 g/mol. The molecule has 0 radical (unpaired) electrons. The molecular weight excluding hydrogens is 374 g/mol. The van der Waals surface area contributed by atoms with Gasteiger partial charge in [-0.2, -0.15) is 0 Å². The molecule has 2 N–H and O–H groups in total. The minimum absolute atomic E-state index is 0.0207. The molecule has 2 fully saturated rings. The number of alkyl halides is 2. The normalized spacial score (nSPS) is 21.2. The number of hydrogen-bond donors (Lipinski definition) is 2. The van der Waals surface area contributed by atoms with E-state index < -0.39 is 35.2 Å². The Labute approximate surface area is 152 Å². The Kier molecular flexibility index (Phi) is 4.96. The minimum atomic E-state index is -2.66. The van der Waals surface area contributed by atoms with Crippen LogP contribution in [-0.2, 0) is 11.3 Å². The maximum Gasteiger partial charge on any atom is 0.272 e. The number of benzene rings is 1. The highest BCUT2D eigenvalue weighted by Gasteiger charge is 2.58. The maximum atomic E-state index is 13.6. The molecule has 1 aromatic rings. The fourth-order valence-electron chi connectivity index (χ4n) is 3.07. The van der Waals surface area contributed by atoms with E-state index in [0.717, 1.165) is 17.0 Å². The first-order valence-electron chi connectivity index (χ1n) is 8.02. The highest BCUT2D eigenvalue weighted by atomic mass is 35.5. The van der Waals surface area contributed by atoms with Crippen molar-refractivity contribution in [1.29, 1.82) is 5.41 Å². The minimum Gasteiger partial charge on any atom is -0.371 e. The smallest absolute Gasteiger partial charge is 0.272 e. The second-order valence-electron chi connectivity index (χ2n) is 6.33. The quantitative estimate of drug-likeness (QED) is 0.597. The Morgan fingerprint density at radius 3 is 2.46 bits per heavy atom. The number of carbonyl (C=O) groups is 1. The third-order valence-corrected chi connectivity index (χ3v) is 5.16. The maximum absolute atomic E-state index is 13.6. The van der Waals surface area contributed by atoms with Gasteiger partial charge in [0.05, 0.1) is 0 Å². The van der Waals surface area contributed by atoms with Crippen molar-refractivity contribution in [2.24, 2.45) is 0 Å². The van der Waals surface area contributed by atoms with Crippen LogP contribution in [0.15, 0.2) is 28.9 Å². The molecule has 1 aliphatic carbocycles. The summed E-state index contributed by atoms with van der Waals surface area (Å²) in [7, 11) is 0. The lowest BCUT2D eigenvalue weighted by molar-refractivity contribution is -0.132. The number of halogens is 5. The van der Waals surface area contributed by atoms with E-state index >= 15 is 0 Å². The number of hydrogen-bond acceptors (Lipinski definition) is 3. The summed E-state index contributed by atoms with van der Waals surface area (Å²) < 4.78 is 53.7. The van der Waals surface area contributed by atoms with Crippen molar-refractivity contribution in [1.82, 2.24) is 10.2 Å². The predicted molar refractivity (Wildman–Crippen MR) is 88.1 cm³/mol. The van der Waals surface area contributed by atoms with Crippen LogP contribution in [0.5, 0.6) is 0 Å². The van der Waals surface area contributed by atoms with Gasteiger partial charge in [0.2, 0.25) is 0 Å². The topological polar surface area (TPSA) is 56.2 Å². The van der Waals surface area contributed by atoms with Crippen molar-refractivity contribution in [2.45, 2.75) is 37.8 Å². The molecule has 140 valence electrons. The summed E-state index contributed by atoms with van der Waals surface area (Å²) in [5, 5.41) is 10.5. The molecule has 0 atom stereocenters. The molecule has 1 saturated carbocycles. The molecule has 1 saturated heterocycles. The molecule has 0 aromatic heterocycles. The Hall–Kier alpha value is -2.09. The lowest BCUT2D eigenvalue weighted by Gasteiger charge is -2.35. The fraction of sp³-hybridized carbons (Fsp3) is 0.412. The number of likely N-dealkylation sites (tertiary alicyclic amines) is 1. The molecule has 1 aromatic carbocycles. The molecule has 1 heterocycles. The van der Waals surface area contributed by atoms with Gasteiger partial charge < -0.3 is 10.2 Å². The Morgan fingerprint density at radius 1 is 1.31 bits per heavy atom. The van der Waals surface area contributed by atoms with Gasteiger partial charge in [-0.3, -0.25) is 10.2 Å². The third kappa shape index (κ3) is 3.18. The average Bonchev–Trinajstić information content (AvgIpc) is 3.38. The van der Waals surface area contributed by atoms with Gasteiger partial charge in [0, 0.05) is 24.2 Å². The van der Waals surface area contributed by atoms with Gasteiger partial charge in [-0.25, -0.2) is 17.6 Å². The van der Waals surface area contributed by atoms with Gasteiger partial charge in [-0.15, -0.1) is 0 Å². The first-order chi connectivity index (χ1) is 12.3. The molecule has 1 aliphatic heterocycles. The molecule has 1 amide bonds. The van der Waals surface area contributed by atoms with E-state index in [1.807, 2.05) is 0 Å². The van der Waals surface area contributed by atoms with Crippen LogP contribution in [0.25, 0.3) is 0 Å². The molecule has 26 heavy (non-hydrogen) atoms. The number of piperidine rings is 1. The molecular formula is C17H16ClF4N3O. The summed E-state index contributed by atoms with van der Waals surface area (Å²) in [5.74, 6) is -2.30. The lowest BCUT2D eigenvalue weighted by Crippen LogP contribution is -2.53. The number of carbonyl (C=O) groups excluding carboxylic acids is 1. The Bertz CT molecular complexity index is 772. The summed E-state index contributed by atoms with van der Waals surface area (Å²) in [6.45, 7) is -0.250. The van der Waals surface area contributed by atoms with Crippen molar-refractivity contribution < 1.29 is 22.4 Å². The van der Waals surface area contributed by atoms with Gasteiger partial charge in [0.1, 0.15) is 28.0 Å². The largest absolute Gasteiger partial charge is 0.371 e. The third-order valence-electron chi connectivity index (χ3n) is 4.80. The van der Waals surface area contributed by atoms with E-state index in [-0.39, 0.29) is 48.6 Å². The van der Waals surface area contributed by atoms with Crippen LogP contribution in [0.2, 0.25) is 0 Å². The SMILES string of the molecule is N=C1C(=O)N(C2(C(F)F)CC2)CC/C1=C(\Cl)NCc1c(F)cccc1F. The Balaban J connectivity index is 1.73. The second kappa shape index (κ2) is 6.90. The van der Waals surface area contributed by atoms with Crippen molar-refractivity contribution >= 4 is 23.2 Å². The molecule has 0 bridgehead atoms. The monoisotopic (exact) mass is 389 g/mol. The molecule has 3 rings (SSSR count). The predicted octanol–water partition coefficient (Wildman–Crippen LogP) is 3.55. The van der Waals surface area contributed by atoms with Gasteiger partial charge in [0.25, 0.3) is 12.3 Å². The number of nitrogens with zero attached hydrogens (tertiary/aromatic N) is 1. The van der Waals surface area contributed by atoms with E-state index in [1.165, 1.54) is 6.07 Å². The zero-order valence-electron chi connectivity index (χ0n) is 13.6. The lowest BCUT2D eigenvalue weighted by atomic mass is 9.99. The highest BCUT2D eigenvalue weighted by molar-refractivity contribution is 6.47. The van der Waals surface area contributed by atoms with Crippen LogP contribution in [0.3, 0.4) is 0 Å².